The quantitative estimate of drug-likeness (QED) is 0.358. The highest BCUT2D eigenvalue weighted by Crippen LogP contribution is 2.34. The molecule has 32 heavy (non-hydrogen) atoms. The third-order valence-corrected chi connectivity index (χ3v) is 5.99. The Morgan fingerprint density at radius 2 is 1.88 bits per heavy atom. The number of carbonyl (C=O) groups excluding carboxylic acids is 3. The molecular formula is C23H23IN2O5S. The summed E-state index contributed by atoms with van der Waals surface area (Å²) in [5.41, 5.74) is 1.29. The Morgan fingerprint density at radius 1 is 1.16 bits per heavy atom. The molecule has 7 nitrogen and oxygen atoms in total. The van der Waals surface area contributed by atoms with Crippen molar-refractivity contribution in [3.63, 3.8) is 0 Å². The molecule has 2 aromatic carbocycles. The maximum atomic E-state index is 12.7. The minimum atomic E-state index is -0.503. The van der Waals surface area contributed by atoms with Crippen molar-refractivity contribution in [2.75, 3.05) is 25.6 Å². The van der Waals surface area contributed by atoms with E-state index in [1.165, 1.54) is 0 Å². The van der Waals surface area contributed by atoms with Gasteiger partial charge in [0.05, 0.1) is 18.6 Å². The Labute approximate surface area is 204 Å². The van der Waals surface area contributed by atoms with Crippen molar-refractivity contribution in [3.8, 4) is 11.5 Å². The molecule has 1 aliphatic heterocycles. The Hall–Kier alpha value is -2.53. The number of anilines is 1. The number of nitrogens with one attached hydrogen (secondary N) is 1. The highest BCUT2D eigenvalue weighted by molar-refractivity contribution is 14.1. The first kappa shape index (κ1) is 24.1. The molecule has 1 N–H and O–H groups in total. The van der Waals surface area contributed by atoms with Crippen LogP contribution < -0.4 is 14.8 Å². The minimum absolute atomic E-state index is 0.245. The molecule has 1 heterocycles. The van der Waals surface area contributed by atoms with Gasteiger partial charge in [-0.25, -0.2) is 0 Å². The van der Waals surface area contributed by atoms with E-state index >= 15 is 0 Å². The third-order valence-electron chi connectivity index (χ3n) is 4.36. The summed E-state index contributed by atoms with van der Waals surface area (Å²) in [7, 11) is 1.54. The SMILES string of the molecule is COc1cc(/C=C2\SC(=O)N(CC(=O)Nc3ccc(I)cc3)C2=O)ccc1OCC(C)C. The number of hydrogen-bond acceptors (Lipinski definition) is 6. The molecular weight excluding hydrogens is 543 g/mol. The first-order valence-electron chi connectivity index (χ1n) is 9.88. The highest BCUT2D eigenvalue weighted by atomic mass is 127. The van der Waals surface area contributed by atoms with Crippen LogP contribution in [0.3, 0.4) is 0 Å². The Morgan fingerprint density at radius 3 is 2.53 bits per heavy atom. The monoisotopic (exact) mass is 566 g/mol. The predicted octanol–water partition coefficient (Wildman–Crippen LogP) is 5.01. The Bertz CT molecular complexity index is 1050. The number of methoxy groups -OCH3 is 1. The van der Waals surface area contributed by atoms with E-state index in [4.69, 9.17) is 9.47 Å². The van der Waals surface area contributed by atoms with Gasteiger partial charge in [0.25, 0.3) is 11.1 Å². The number of ether oxygens (including phenoxy) is 2. The summed E-state index contributed by atoms with van der Waals surface area (Å²) in [6.45, 7) is 4.31. The van der Waals surface area contributed by atoms with Gasteiger partial charge in [-0.3, -0.25) is 19.3 Å². The van der Waals surface area contributed by atoms with Gasteiger partial charge in [-0.15, -0.1) is 0 Å². The maximum absolute atomic E-state index is 12.7. The molecule has 9 heteroatoms. The molecule has 1 aliphatic rings. The summed E-state index contributed by atoms with van der Waals surface area (Å²) >= 11 is 2.97. The van der Waals surface area contributed by atoms with E-state index < -0.39 is 17.1 Å². The van der Waals surface area contributed by atoms with Crippen molar-refractivity contribution in [2.45, 2.75) is 13.8 Å². The third kappa shape index (κ3) is 6.26. The lowest BCUT2D eigenvalue weighted by Gasteiger charge is -2.13. The number of imide groups is 1. The number of benzene rings is 2. The summed E-state index contributed by atoms with van der Waals surface area (Å²) in [5, 5.41) is 2.21. The van der Waals surface area contributed by atoms with Gasteiger partial charge in [0.15, 0.2) is 11.5 Å². The number of rotatable bonds is 8. The number of halogens is 1. The van der Waals surface area contributed by atoms with Crippen LogP contribution in [-0.4, -0.2) is 42.2 Å². The second kappa shape index (κ2) is 10.9. The van der Waals surface area contributed by atoms with Crippen molar-refractivity contribution >= 4 is 63.2 Å². The molecule has 3 amide bonds. The molecule has 0 radical (unpaired) electrons. The zero-order valence-corrected chi connectivity index (χ0v) is 20.9. The fourth-order valence-corrected chi connectivity index (χ4v) is 4.01. The van der Waals surface area contributed by atoms with Gasteiger partial charge in [-0.1, -0.05) is 19.9 Å². The van der Waals surface area contributed by atoms with Gasteiger partial charge in [0, 0.05) is 9.26 Å². The van der Waals surface area contributed by atoms with Gasteiger partial charge in [-0.2, -0.15) is 0 Å². The Balaban J connectivity index is 1.69. The number of nitrogens with zero attached hydrogens (tertiary/aromatic N) is 1. The van der Waals surface area contributed by atoms with Crippen LogP contribution >= 0.6 is 34.4 Å². The molecule has 0 aliphatic carbocycles. The van der Waals surface area contributed by atoms with Crippen molar-refractivity contribution in [2.24, 2.45) is 5.92 Å². The largest absolute Gasteiger partial charge is 0.493 e. The smallest absolute Gasteiger partial charge is 0.294 e. The van der Waals surface area contributed by atoms with Gasteiger partial charge in [0.1, 0.15) is 6.54 Å². The van der Waals surface area contributed by atoms with Gasteiger partial charge in [0.2, 0.25) is 5.91 Å². The van der Waals surface area contributed by atoms with E-state index in [9.17, 15) is 14.4 Å². The van der Waals surface area contributed by atoms with Gasteiger partial charge < -0.3 is 14.8 Å². The fourth-order valence-electron chi connectivity index (χ4n) is 2.81. The number of hydrogen-bond donors (Lipinski definition) is 1. The lowest BCUT2D eigenvalue weighted by molar-refractivity contribution is -0.127. The van der Waals surface area contributed by atoms with Crippen LogP contribution in [0.4, 0.5) is 10.5 Å². The van der Waals surface area contributed by atoms with E-state index in [2.05, 4.69) is 41.8 Å². The average Bonchev–Trinajstić information content (AvgIpc) is 3.01. The second-order valence-electron chi connectivity index (χ2n) is 7.44. The summed E-state index contributed by atoms with van der Waals surface area (Å²) in [6.07, 6.45) is 1.61. The van der Waals surface area contributed by atoms with Crippen molar-refractivity contribution in [1.82, 2.24) is 4.90 Å². The molecule has 168 valence electrons. The lowest BCUT2D eigenvalue weighted by atomic mass is 10.1. The maximum Gasteiger partial charge on any atom is 0.294 e. The van der Waals surface area contributed by atoms with Gasteiger partial charge >= 0.3 is 0 Å². The average molecular weight is 566 g/mol. The van der Waals surface area contributed by atoms with Crippen molar-refractivity contribution in [3.05, 3.63) is 56.5 Å². The van der Waals surface area contributed by atoms with E-state index in [1.807, 2.05) is 12.1 Å². The summed E-state index contributed by atoms with van der Waals surface area (Å²) in [5.74, 6) is 0.572. The van der Waals surface area contributed by atoms with Crippen LogP contribution in [0.2, 0.25) is 0 Å². The number of thioether (sulfide) groups is 1. The molecule has 0 spiro atoms. The topological polar surface area (TPSA) is 84.9 Å². The fraction of sp³-hybridized carbons (Fsp3) is 0.261. The lowest BCUT2D eigenvalue weighted by Crippen LogP contribution is -2.36. The molecule has 0 bridgehead atoms. The van der Waals surface area contributed by atoms with Crippen LogP contribution in [0.5, 0.6) is 11.5 Å². The first-order chi connectivity index (χ1) is 15.3. The standard InChI is InChI=1S/C23H23IN2O5S/c1-14(2)13-31-18-9-4-15(10-19(18)30-3)11-20-22(28)26(23(29)32-20)12-21(27)25-17-7-5-16(24)6-8-17/h4-11,14H,12-13H2,1-3H3,(H,25,27)/b20-11-. The van der Waals surface area contributed by atoms with E-state index in [0.29, 0.717) is 35.3 Å². The van der Waals surface area contributed by atoms with Crippen LogP contribution in [0, 0.1) is 9.49 Å². The summed E-state index contributed by atoms with van der Waals surface area (Å²) in [6, 6.07) is 12.5. The van der Waals surface area contributed by atoms with Crippen LogP contribution in [0.15, 0.2) is 47.4 Å². The molecule has 0 atom stereocenters. The number of amides is 3. The molecule has 3 rings (SSSR count). The highest BCUT2D eigenvalue weighted by Gasteiger charge is 2.36. The second-order valence-corrected chi connectivity index (χ2v) is 9.68. The first-order valence-corrected chi connectivity index (χ1v) is 11.8. The summed E-state index contributed by atoms with van der Waals surface area (Å²) in [4.78, 5) is 38.6. The van der Waals surface area contributed by atoms with Crippen molar-refractivity contribution < 1.29 is 23.9 Å². The molecule has 0 saturated carbocycles. The van der Waals surface area contributed by atoms with Crippen LogP contribution in [-0.2, 0) is 9.59 Å². The van der Waals surface area contributed by atoms with Gasteiger partial charge in [-0.05, 0) is 88.3 Å². The van der Waals surface area contributed by atoms with Crippen molar-refractivity contribution in [1.29, 1.82) is 0 Å². The predicted molar refractivity (Wildman–Crippen MR) is 134 cm³/mol. The van der Waals surface area contributed by atoms with Crippen LogP contribution in [0.1, 0.15) is 19.4 Å². The molecule has 0 aromatic heterocycles. The zero-order valence-electron chi connectivity index (χ0n) is 17.9. The van der Waals surface area contributed by atoms with E-state index in [-0.39, 0.29) is 11.4 Å². The molecule has 2 aromatic rings. The Kier molecular flexibility index (Phi) is 8.19. The zero-order chi connectivity index (χ0) is 23.3. The van der Waals surface area contributed by atoms with E-state index in [1.54, 1.807) is 43.5 Å². The molecule has 0 unspecified atom stereocenters. The number of carbonyl (C=O) groups is 3. The minimum Gasteiger partial charge on any atom is -0.493 e. The summed E-state index contributed by atoms with van der Waals surface area (Å²) < 4.78 is 12.2. The molecule has 1 saturated heterocycles. The van der Waals surface area contributed by atoms with E-state index in [0.717, 1.165) is 20.2 Å². The normalized spacial score (nSPS) is 14.9. The van der Waals surface area contributed by atoms with Crippen LogP contribution in [0.25, 0.3) is 6.08 Å². The molecule has 1 fully saturated rings.